The van der Waals surface area contributed by atoms with Crippen LogP contribution in [0.4, 0.5) is 0 Å². The van der Waals surface area contributed by atoms with Crippen molar-refractivity contribution in [3.63, 3.8) is 0 Å². The molecule has 3 heterocycles. The molecular formula is C23H24N2O3S. The van der Waals surface area contributed by atoms with Gasteiger partial charge in [-0.3, -0.25) is 4.79 Å². The number of carboxylic acids is 1. The first-order chi connectivity index (χ1) is 14.0. The number of carbonyl (C=O) groups is 2. The third-order valence-electron chi connectivity index (χ3n) is 6.34. The number of hydrogen-bond acceptors (Lipinski definition) is 5. The van der Waals surface area contributed by atoms with E-state index in [-0.39, 0.29) is 11.7 Å². The number of nitrogens with zero attached hydrogens (tertiary/aromatic N) is 2. The lowest BCUT2D eigenvalue weighted by atomic mass is 9.77. The molecule has 2 aromatic rings. The van der Waals surface area contributed by atoms with Crippen LogP contribution in [0, 0.1) is 11.8 Å². The predicted octanol–water partition coefficient (Wildman–Crippen LogP) is 4.72. The van der Waals surface area contributed by atoms with Crippen LogP contribution in [0.1, 0.15) is 51.0 Å². The lowest BCUT2D eigenvalue weighted by Gasteiger charge is -2.39. The fourth-order valence-corrected chi connectivity index (χ4v) is 5.61. The predicted molar refractivity (Wildman–Crippen MR) is 113 cm³/mol. The van der Waals surface area contributed by atoms with E-state index >= 15 is 0 Å². The summed E-state index contributed by atoms with van der Waals surface area (Å²) in [6, 6.07) is 3.85. The maximum Gasteiger partial charge on any atom is 0.334 e. The molecular weight excluding hydrogens is 384 g/mol. The first-order valence-corrected chi connectivity index (χ1v) is 11.1. The minimum atomic E-state index is -0.910. The fourth-order valence-electron chi connectivity index (χ4n) is 4.68. The van der Waals surface area contributed by atoms with Crippen molar-refractivity contribution < 1.29 is 14.7 Å². The molecule has 5 rings (SSSR count). The van der Waals surface area contributed by atoms with Gasteiger partial charge >= 0.3 is 5.97 Å². The van der Waals surface area contributed by atoms with Gasteiger partial charge in [-0.25, -0.2) is 9.78 Å². The molecule has 2 saturated carbocycles. The van der Waals surface area contributed by atoms with Crippen molar-refractivity contribution in [2.45, 2.75) is 45.4 Å². The molecule has 29 heavy (non-hydrogen) atoms. The zero-order chi connectivity index (χ0) is 20.3. The summed E-state index contributed by atoms with van der Waals surface area (Å²) >= 11 is 1.51. The SMILES string of the molecule is CC(=O)C1=C(C)N(CC2CC2)C(C2CC2)=C(C(=O)O)C1c1csc2ncccc12. The number of pyridine rings is 1. The van der Waals surface area contributed by atoms with Crippen molar-refractivity contribution >= 4 is 33.3 Å². The number of hydrogen-bond donors (Lipinski definition) is 1. The highest BCUT2D eigenvalue weighted by molar-refractivity contribution is 7.16. The summed E-state index contributed by atoms with van der Waals surface area (Å²) in [7, 11) is 0. The highest BCUT2D eigenvalue weighted by Crippen LogP contribution is 2.52. The van der Waals surface area contributed by atoms with Gasteiger partial charge in [0.1, 0.15) is 4.83 Å². The van der Waals surface area contributed by atoms with E-state index in [1.165, 1.54) is 24.2 Å². The highest BCUT2D eigenvalue weighted by atomic mass is 32.1. The Kier molecular flexibility index (Phi) is 4.35. The first kappa shape index (κ1) is 18.6. The maximum atomic E-state index is 12.8. The molecule has 0 spiro atoms. The number of fused-ring (bicyclic) bond motifs is 1. The maximum absolute atomic E-state index is 12.8. The van der Waals surface area contributed by atoms with Crippen molar-refractivity contribution in [3.8, 4) is 0 Å². The number of carbonyl (C=O) groups excluding carboxylic acids is 1. The molecule has 0 amide bonds. The molecule has 150 valence electrons. The number of Topliss-reactive ketones (excluding diaryl/α,β-unsaturated/α-hetero) is 1. The van der Waals surface area contributed by atoms with E-state index in [1.54, 1.807) is 13.1 Å². The smallest absolute Gasteiger partial charge is 0.334 e. The van der Waals surface area contributed by atoms with Crippen LogP contribution in [0.15, 0.2) is 46.2 Å². The quantitative estimate of drug-likeness (QED) is 0.749. The van der Waals surface area contributed by atoms with E-state index in [0.29, 0.717) is 17.1 Å². The van der Waals surface area contributed by atoms with Gasteiger partial charge in [0.25, 0.3) is 0 Å². The number of carboxylic acid groups (broad SMARTS) is 1. The van der Waals surface area contributed by atoms with E-state index in [0.717, 1.165) is 46.6 Å². The number of thiophene rings is 1. The molecule has 0 bridgehead atoms. The Labute approximate surface area is 173 Å². The molecule has 1 unspecified atom stereocenters. The third kappa shape index (κ3) is 3.10. The van der Waals surface area contributed by atoms with Gasteiger partial charge in [-0.15, -0.1) is 11.3 Å². The van der Waals surface area contributed by atoms with Crippen molar-refractivity contribution in [2.24, 2.45) is 11.8 Å². The molecule has 2 aliphatic carbocycles. The fraction of sp³-hybridized carbons (Fsp3) is 0.435. The summed E-state index contributed by atoms with van der Waals surface area (Å²) in [6.45, 7) is 4.39. The molecule has 1 atom stereocenters. The van der Waals surface area contributed by atoms with Crippen LogP contribution in [-0.2, 0) is 9.59 Å². The van der Waals surface area contributed by atoms with Gasteiger partial charge in [0.15, 0.2) is 5.78 Å². The van der Waals surface area contributed by atoms with Crippen LogP contribution in [0.5, 0.6) is 0 Å². The lowest BCUT2D eigenvalue weighted by Crippen LogP contribution is -2.36. The number of allylic oxidation sites excluding steroid dienone is 3. The second-order valence-corrected chi connectivity index (χ2v) is 9.33. The highest BCUT2D eigenvalue weighted by Gasteiger charge is 2.45. The van der Waals surface area contributed by atoms with Gasteiger partial charge in [0.05, 0.1) is 5.57 Å². The van der Waals surface area contributed by atoms with E-state index in [2.05, 4.69) is 9.88 Å². The van der Waals surface area contributed by atoms with Crippen molar-refractivity contribution in [3.05, 3.63) is 51.8 Å². The molecule has 0 saturated heterocycles. The zero-order valence-electron chi connectivity index (χ0n) is 16.6. The van der Waals surface area contributed by atoms with Crippen molar-refractivity contribution in [2.75, 3.05) is 6.54 Å². The number of aliphatic carboxylic acids is 1. The Balaban J connectivity index is 1.77. The normalized spacial score (nSPS) is 22.6. The van der Waals surface area contributed by atoms with Gasteiger partial charge in [-0.1, -0.05) is 6.07 Å². The molecule has 1 aliphatic heterocycles. The Morgan fingerprint density at radius 1 is 1.24 bits per heavy atom. The third-order valence-corrected chi connectivity index (χ3v) is 7.26. The number of aromatic nitrogens is 1. The summed E-state index contributed by atoms with van der Waals surface area (Å²) in [6.07, 6.45) is 6.16. The zero-order valence-corrected chi connectivity index (χ0v) is 17.5. The molecule has 0 radical (unpaired) electrons. The van der Waals surface area contributed by atoms with Crippen LogP contribution in [0.2, 0.25) is 0 Å². The standard InChI is InChI=1S/C23H24N2O3S/c1-12-18(13(2)26)19(17-11-29-22-16(17)4-3-9-24-22)20(23(27)28)21(15-7-8-15)25(12)10-14-5-6-14/h3-4,9,11,14-15,19H,5-8,10H2,1-2H3,(H,27,28). The summed E-state index contributed by atoms with van der Waals surface area (Å²) in [4.78, 5) is 33.0. The van der Waals surface area contributed by atoms with E-state index in [9.17, 15) is 14.7 Å². The van der Waals surface area contributed by atoms with Crippen LogP contribution in [0.25, 0.3) is 10.2 Å². The Morgan fingerprint density at radius 2 is 2.00 bits per heavy atom. The average Bonchev–Trinajstić information content (AvgIpc) is 3.61. The number of ketones is 1. The Bertz CT molecular complexity index is 1090. The summed E-state index contributed by atoms with van der Waals surface area (Å²) in [5.74, 6) is -0.607. The van der Waals surface area contributed by atoms with E-state index in [4.69, 9.17) is 0 Å². The van der Waals surface area contributed by atoms with Crippen LogP contribution in [-0.4, -0.2) is 33.3 Å². The van der Waals surface area contributed by atoms with Crippen LogP contribution < -0.4 is 0 Å². The lowest BCUT2D eigenvalue weighted by molar-refractivity contribution is -0.133. The number of rotatable bonds is 6. The second-order valence-electron chi connectivity index (χ2n) is 8.47. The minimum Gasteiger partial charge on any atom is -0.478 e. The van der Waals surface area contributed by atoms with Gasteiger partial charge < -0.3 is 10.0 Å². The monoisotopic (exact) mass is 408 g/mol. The van der Waals surface area contributed by atoms with Crippen LogP contribution in [0.3, 0.4) is 0 Å². The first-order valence-electron chi connectivity index (χ1n) is 10.3. The summed E-state index contributed by atoms with van der Waals surface area (Å²) < 4.78 is 0. The van der Waals surface area contributed by atoms with E-state index in [1.807, 2.05) is 24.4 Å². The molecule has 5 nitrogen and oxygen atoms in total. The van der Waals surface area contributed by atoms with E-state index < -0.39 is 11.9 Å². The molecule has 2 fully saturated rings. The average molecular weight is 409 g/mol. The molecule has 0 aromatic carbocycles. The van der Waals surface area contributed by atoms with Crippen molar-refractivity contribution in [1.82, 2.24) is 9.88 Å². The topological polar surface area (TPSA) is 70.5 Å². The molecule has 3 aliphatic rings. The van der Waals surface area contributed by atoms with Gasteiger partial charge in [0, 0.05) is 41.0 Å². The summed E-state index contributed by atoms with van der Waals surface area (Å²) in [5.41, 5.74) is 3.79. The minimum absolute atomic E-state index is 0.0508. The van der Waals surface area contributed by atoms with Crippen LogP contribution >= 0.6 is 11.3 Å². The Hall–Kier alpha value is -2.47. The van der Waals surface area contributed by atoms with Crippen molar-refractivity contribution in [1.29, 1.82) is 0 Å². The summed E-state index contributed by atoms with van der Waals surface area (Å²) in [5, 5.41) is 13.3. The van der Waals surface area contributed by atoms with Gasteiger partial charge in [-0.05, 0) is 68.4 Å². The Morgan fingerprint density at radius 3 is 2.62 bits per heavy atom. The largest absolute Gasteiger partial charge is 0.478 e. The second kappa shape index (κ2) is 6.80. The van der Waals surface area contributed by atoms with Gasteiger partial charge in [-0.2, -0.15) is 0 Å². The molecule has 1 N–H and O–H groups in total. The van der Waals surface area contributed by atoms with Gasteiger partial charge in [0.2, 0.25) is 0 Å². The molecule has 2 aromatic heterocycles. The molecule has 6 heteroatoms.